The maximum Gasteiger partial charge on any atom is 0.140 e. The zero-order valence-electron chi connectivity index (χ0n) is 15.6. The molecule has 0 amide bonds. The molecule has 3 rings (SSSR count). The van der Waals surface area contributed by atoms with Crippen molar-refractivity contribution >= 4 is 0 Å². The number of hydrogen-bond acceptors (Lipinski definition) is 4. The van der Waals surface area contributed by atoms with Gasteiger partial charge in [0.25, 0.3) is 0 Å². The van der Waals surface area contributed by atoms with Gasteiger partial charge in [0.1, 0.15) is 35.2 Å². The number of ether oxygens (including phenoxy) is 3. The quantitative estimate of drug-likeness (QED) is 0.889. The third-order valence-corrected chi connectivity index (χ3v) is 5.20. The number of phenolic OH excluding ortho intramolecular Hbond substituents is 1. The average molecular weight is 342 g/mol. The molecule has 4 heteroatoms. The summed E-state index contributed by atoms with van der Waals surface area (Å²) in [6.45, 7) is 8.44. The molecule has 0 radical (unpaired) electrons. The fraction of sp³-hybridized carbons (Fsp3) is 0.429. The molecule has 0 aromatic heterocycles. The highest BCUT2D eigenvalue weighted by Gasteiger charge is 2.35. The van der Waals surface area contributed by atoms with Crippen molar-refractivity contribution in [1.29, 1.82) is 0 Å². The Bertz CT molecular complexity index is 780. The number of phenols is 1. The van der Waals surface area contributed by atoms with E-state index in [1.54, 1.807) is 7.11 Å². The Labute approximate surface area is 149 Å². The Balaban J connectivity index is 1.78. The normalized spacial score (nSPS) is 19.1. The molecule has 0 bridgehead atoms. The SMILES string of the molecule is COc1ccc(OCC2(C)CCc3c(C)c(O)c(C)c(C)c3O2)cc1. The fourth-order valence-electron chi connectivity index (χ4n) is 3.30. The molecule has 1 aliphatic heterocycles. The summed E-state index contributed by atoms with van der Waals surface area (Å²) in [5.74, 6) is 2.90. The Morgan fingerprint density at radius 2 is 1.68 bits per heavy atom. The summed E-state index contributed by atoms with van der Waals surface area (Å²) in [7, 11) is 1.65. The fourth-order valence-corrected chi connectivity index (χ4v) is 3.30. The van der Waals surface area contributed by atoms with E-state index in [9.17, 15) is 5.11 Å². The van der Waals surface area contributed by atoms with Crippen molar-refractivity contribution < 1.29 is 19.3 Å². The smallest absolute Gasteiger partial charge is 0.140 e. The monoisotopic (exact) mass is 342 g/mol. The van der Waals surface area contributed by atoms with Gasteiger partial charge in [-0.3, -0.25) is 0 Å². The lowest BCUT2D eigenvalue weighted by Crippen LogP contribution is -2.42. The number of fused-ring (bicyclic) bond motifs is 1. The molecule has 25 heavy (non-hydrogen) atoms. The first-order chi connectivity index (χ1) is 11.8. The molecule has 0 fully saturated rings. The van der Waals surface area contributed by atoms with Crippen molar-refractivity contribution in [2.45, 2.75) is 46.1 Å². The van der Waals surface area contributed by atoms with Crippen LogP contribution in [0.4, 0.5) is 0 Å². The number of aromatic hydroxyl groups is 1. The number of hydrogen-bond donors (Lipinski definition) is 1. The number of benzene rings is 2. The zero-order valence-corrected chi connectivity index (χ0v) is 15.6. The molecule has 0 saturated heterocycles. The minimum Gasteiger partial charge on any atom is -0.507 e. The van der Waals surface area contributed by atoms with Crippen LogP contribution in [0.2, 0.25) is 0 Å². The molecule has 4 nitrogen and oxygen atoms in total. The standard InChI is InChI=1S/C21H26O4/c1-13-14(2)20-18(15(3)19(13)22)10-11-21(4,25-20)12-24-17-8-6-16(23-5)7-9-17/h6-9,22H,10-12H2,1-5H3. The van der Waals surface area contributed by atoms with E-state index in [1.165, 1.54) is 0 Å². The first-order valence-electron chi connectivity index (χ1n) is 8.62. The van der Waals surface area contributed by atoms with Crippen LogP contribution in [0.25, 0.3) is 0 Å². The largest absolute Gasteiger partial charge is 0.507 e. The van der Waals surface area contributed by atoms with Gasteiger partial charge >= 0.3 is 0 Å². The minimum absolute atomic E-state index is 0.387. The minimum atomic E-state index is -0.395. The summed E-state index contributed by atoms with van der Waals surface area (Å²) in [5.41, 5.74) is 3.54. The van der Waals surface area contributed by atoms with Crippen molar-refractivity contribution in [2.24, 2.45) is 0 Å². The van der Waals surface area contributed by atoms with Crippen molar-refractivity contribution in [1.82, 2.24) is 0 Å². The van der Waals surface area contributed by atoms with Crippen LogP contribution >= 0.6 is 0 Å². The summed E-state index contributed by atoms with van der Waals surface area (Å²) in [6.07, 6.45) is 1.72. The van der Waals surface area contributed by atoms with Crippen LogP contribution in [0.1, 0.15) is 35.6 Å². The molecular weight excluding hydrogens is 316 g/mol. The van der Waals surface area contributed by atoms with Crippen molar-refractivity contribution in [3.63, 3.8) is 0 Å². The average Bonchev–Trinajstić information content (AvgIpc) is 2.63. The van der Waals surface area contributed by atoms with Crippen molar-refractivity contribution in [2.75, 3.05) is 13.7 Å². The molecule has 1 N–H and O–H groups in total. The van der Waals surface area contributed by atoms with Crippen LogP contribution < -0.4 is 14.2 Å². The predicted octanol–water partition coefficient (Wildman–Crippen LogP) is 4.49. The van der Waals surface area contributed by atoms with E-state index in [2.05, 4.69) is 6.92 Å². The highest BCUT2D eigenvalue weighted by atomic mass is 16.5. The molecule has 0 saturated carbocycles. The van der Waals surface area contributed by atoms with E-state index in [0.717, 1.165) is 52.3 Å². The van der Waals surface area contributed by atoms with E-state index < -0.39 is 5.60 Å². The molecule has 2 aromatic rings. The van der Waals surface area contributed by atoms with E-state index in [0.29, 0.717) is 12.4 Å². The maximum absolute atomic E-state index is 10.3. The van der Waals surface area contributed by atoms with Crippen molar-refractivity contribution in [3.05, 3.63) is 46.5 Å². The molecule has 2 aromatic carbocycles. The van der Waals surface area contributed by atoms with Crippen LogP contribution in [0, 0.1) is 20.8 Å². The second kappa shape index (κ2) is 6.51. The second-order valence-corrected chi connectivity index (χ2v) is 7.05. The summed E-state index contributed by atoms with van der Waals surface area (Å²) < 4.78 is 17.5. The van der Waals surface area contributed by atoms with Crippen LogP contribution in [0.5, 0.6) is 23.0 Å². The summed E-state index contributed by atoms with van der Waals surface area (Å²) in [5, 5.41) is 10.3. The lowest BCUT2D eigenvalue weighted by molar-refractivity contribution is 0.0166. The van der Waals surface area contributed by atoms with Crippen molar-refractivity contribution in [3.8, 4) is 23.0 Å². The highest BCUT2D eigenvalue weighted by Crippen LogP contribution is 2.43. The van der Waals surface area contributed by atoms with Crippen LogP contribution in [0.3, 0.4) is 0 Å². The molecule has 1 heterocycles. The Morgan fingerprint density at radius 1 is 1.04 bits per heavy atom. The predicted molar refractivity (Wildman–Crippen MR) is 98.2 cm³/mol. The Hall–Kier alpha value is -2.36. The highest BCUT2D eigenvalue weighted by molar-refractivity contribution is 5.58. The molecule has 0 spiro atoms. The van der Waals surface area contributed by atoms with Gasteiger partial charge in [0.15, 0.2) is 0 Å². The molecule has 1 aliphatic rings. The van der Waals surface area contributed by atoms with Crippen LogP contribution in [0.15, 0.2) is 24.3 Å². The lowest BCUT2D eigenvalue weighted by Gasteiger charge is -2.37. The van der Waals surface area contributed by atoms with Crippen LogP contribution in [-0.2, 0) is 6.42 Å². The van der Waals surface area contributed by atoms with E-state index >= 15 is 0 Å². The second-order valence-electron chi connectivity index (χ2n) is 7.05. The van der Waals surface area contributed by atoms with Gasteiger partial charge < -0.3 is 19.3 Å². The molecule has 1 atom stereocenters. The zero-order chi connectivity index (χ0) is 18.2. The van der Waals surface area contributed by atoms with Gasteiger partial charge in [-0.05, 0) is 81.5 Å². The Kier molecular flexibility index (Phi) is 4.55. The van der Waals surface area contributed by atoms with Gasteiger partial charge in [-0.2, -0.15) is 0 Å². The summed E-state index contributed by atoms with van der Waals surface area (Å²) >= 11 is 0. The lowest BCUT2D eigenvalue weighted by atomic mass is 9.87. The first-order valence-corrected chi connectivity index (χ1v) is 8.62. The molecular formula is C21H26O4. The van der Waals surface area contributed by atoms with Gasteiger partial charge in [0.05, 0.1) is 7.11 Å². The number of rotatable bonds is 4. The van der Waals surface area contributed by atoms with E-state index in [1.807, 2.05) is 45.0 Å². The summed E-state index contributed by atoms with van der Waals surface area (Å²) in [6, 6.07) is 7.57. The van der Waals surface area contributed by atoms with Gasteiger partial charge in [0.2, 0.25) is 0 Å². The number of methoxy groups -OCH3 is 1. The topological polar surface area (TPSA) is 47.9 Å². The van der Waals surface area contributed by atoms with E-state index in [-0.39, 0.29) is 0 Å². The summed E-state index contributed by atoms with van der Waals surface area (Å²) in [4.78, 5) is 0. The molecule has 0 aliphatic carbocycles. The van der Waals surface area contributed by atoms with Gasteiger partial charge in [0, 0.05) is 5.56 Å². The molecule has 1 unspecified atom stereocenters. The maximum atomic E-state index is 10.3. The Morgan fingerprint density at radius 3 is 2.32 bits per heavy atom. The third-order valence-electron chi connectivity index (χ3n) is 5.20. The van der Waals surface area contributed by atoms with Gasteiger partial charge in [-0.25, -0.2) is 0 Å². The first kappa shape index (κ1) is 17.5. The van der Waals surface area contributed by atoms with Gasteiger partial charge in [-0.1, -0.05) is 0 Å². The van der Waals surface area contributed by atoms with E-state index in [4.69, 9.17) is 14.2 Å². The van der Waals surface area contributed by atoms with Crippen LogP contribution in [-0.4, -0.2) is 24.4 Å². The third kappa shape index (κ3) is 3.26. The van der Waals surface area contributed by atoms with Gasteiger partial charge in [-0.15, -0.1) is 0 Å². The molecule has 134 valence electrons.